The maximum Gasteiger partial charge on any atom is 0.0782 e. The lowest BCUT2D eigenvalue weighted by atomic mass is 10.0. The molecule has 10 aromatic rings. The summed E-state index contributed by atoms with van der Waals surface area (Å²) in [6, 6.07) is 44.9. The Morgan fingerprint density at radius 2 is 0.923 bits per heavy atom. The highest BCUT2D eigenvalue weighted by Gasteiger charge is 2.20. The zero-order chi connectivity index (χ0) is 25.2. The molecule has 0 fully saturated rings. The van der Waals surface area contributed by atoms with Crippen LogP contribution in [0.2, 0.25) is 0 Å². The normalized spacial score (nSPS) is 12.6. The van der Waals surface area contributed by atoms with Gasteiger partial charge in [0.25, 0.3) is 0 Å². The van der Waals surface area contributed by atoms with E-state index in [4.69, 9.17) is 0 Å². The molecule has 10 rings (SSSR count). The third kappa shape index (κ3) is 2.34. The van der Waals surface area contributed by atoms with Crippen molar-refractivity contribution in [3.63, 3.8) is 0 Å². The molecule has 0 spiro atoms. The second-order valence-electron chi connectivity index (χ2n) is 10.5. The lowest BCUT2D eigenvalue weighted by molar-refractivity contribution is 1.30. The highest BCUT2D eigenvalue weighted by atomic mass is 32.1. The van der Waals surface area contributed by atoms with E-state index in [9.17, 15) is 0 Å². The number of hydrogen-bond acceptors (Lipinski definition) is 1. The van der Waals surface area contributed by atoms with Crippen molar-refractivity contribution in [2.75, 3.05) is 0 Å². The molecule has 0 saturated carbocycles. The second-order valence-corrected chi connectivity index (χ2v) is 11.6. The molecule has 0 saturated heterocycles. The van der Waals surface area contributed by atoms with E-state index in [1.165, 1.54) is 85.6 Å². The molecule has 0 bridgehead atoms. The first-order valence-electron chi connectivity index (χ1n) is 13.4. The van der Waals surface area contributed by atoms with Crippen molar-refractivity contribution in [1.82, 2.24) is 8.80 Å². The Hall–Kier alpha value is -4.86. The van der Waals surface area contributed by atoms with Gasteiger partial charge in [0.2, 0.25) is 0 Å². The van der Waals surface area contributed by atoms with Crippen LogP contribution in [0.25, 0.3) is 85.6 Å². The second kappa shape index (κ2) is 6.96. The fraction of sp³-hybridized carbons (Fsp3) is 0. The van der Waals surface area contributed by atoms with E-state index >= 15 is 0 Å². The summed E-state index contributed by atoms with van der Waals surface area (Å²) in [6.45, 7) is 0. The van der Waals surface area contributed by atoms with Gasteiger partial charge in [-0.25, -0.2) is 0 Å². The van der Waals surface area contributed by atoms with Crippen molar-refractivity contribution in [3.8, 4) is 0 Å². The summed E-state index contributed by atoms with van der Waals surface area (Å²) in [4.78, 5) is 0. The average molecular weight is 513 g/mol. The quantitative estimate of drug-likeness (QED) is 0.191. The Labute approximate surface area is 226 Å². The minimum Gasteiger partial charge on any atom is -0.307 e. The Kier molecular flexibility index (Phi) is 3.59. The number of fused-ring (bicyclic) bond motifs is 14. The molecule has 39 heavy (non-hydrogen) atoms. The molecule has 3 heteroatoms. The number of rotatable bonds is 0. The first kappa shape index (κ1) is 20.1. The van der Waals surface area contributed by atoms with Crippen LogP contribution in [-0.4, -0.2) is 8.80 Å². The lowest BCUT2D eigenvalue weighted by Gasteiger charge is -2.11. The van der Waals surface area contributed by atoms with Crippen molar-refractivity contribution < 1.29 is 0 Å². The summed E-state index contributed by atoms with van der Waals surface area (Å²) in [5.74, 6) is 0. The lowest BCUT2D eigenvalue weighted by Crippen LogP contribution is -1.94. The molecule has 2 nitrogen and oxygen atoms in total. The van der Waals surface area contributed by atoms with Crippen molar-refractivity contribution in [3.05, 3.63) is 121 Å². The van der Waals surface area contributed by atoms with Gasteiger partial charge in [0, 0.05) is 52.5 Å². The highest BCUT2D eigenvalue weighted by Crippen LogP contribution is 2.44. The molecular weight excluding hydrogens is 492 g/mol. The van der Waals surface area contributed by atoms with Crippen molar-refractivity contribution in [2.45, 2.75) is 0 Å². The molecule has 180 valence electrons. The van der Waals surface area contributed by atoms with Crippen LogP contribution in [0, 0.1) is 0 Å². The van der Waals surface area contributed by atoms with Crippen LogP contribution in [0.15, 0.2) is 121 Å². The molecular formula is C36H20N2S. The number of hydrogen-bond donors (Lipinski definition) is 0. The van der Waals surface area contributed by atoms with Gasteiger partial charge in [-0.3, -0.25) is 0 Å². The molecule has 0 amide bonds. The number of thiophene rings is 1. The van der Waals surface area contributed by atoms with E-state index in [1.54, 1.807) is 0 Å². The largest absolute Gasteiger partial charge is 0.307 e. The minimum atomic E-state index is 1.23. The molecule has 0 N–H and O–H groups in total. The van der Waals surface area contributed by atoms with Crippen molar-refractivity contribution >= 4 is 96.9 Å². The SMILES string of the molecule is c1ccc2c(c1)sc1c2ccc2c1c1cccc3c4ccccc4n(c4cccc5c6ccccc6n2c54)c31. The van der Waals surface area contributed by atoms with Crippen LogP contribution in [0.4, 0.5) is 0 Å². The Balaban J connectivity index is 1.70. The van der Waals surface area contributed by atoms with Gasteiger partial charge in [0.15, 0.2) is 0 Å². The fourth-order valence-electron chi connectivity index (χ4n) is 7.13. The summed E-state index contributed by atoms with van der Waals surface area (Å²) in [7, 11) is 0. The van der Waals surface area contributed by atoms with E-state index < -0.39 is 0 Å². The summed E-state index contributed by atoms with van der Waals surface area (Å²) >= 11 is 1.91. The molecule has 4 aromatic heterocycles. The van der Waals surface area contributed by atoms with Gasteiger partial charge in [-0.15, -0.1) is 11.3 Å². The van der Waals surface area contributed by atoms with Crippen LogP contribution >= 0.6 is 11.3 Å². The van der Waals surface area contributed by atoms with E-state index in [0.717, 1.165) is 0 Å². The summed E-state index contributed by atoms with van der Waals surface area (Å²) < 4.78 is 7.73. The maximum atomic E-state index is 2.52. The van der Waals surface area contributed by atoms with Crippen LogP contribution in [-0.2, 0) is 0 Å². The van der Waals surface area contributed by atoms with Gasteiger partial charge in [-0.05, 0) is 30.3 Å². The van der Waals surface area contributed by atoms with Crippen LogP contribution in [0.1, 0.15) is 0 Å². The van der Waals surface area contributed by atoms with Gasteiger partial charge in [-0.2, -0.15) is 0 Å². The maximum absolute atomic E-state index is 2.52. The van der Waals surface area contributed by atoms with Gasteiger partial charge in [-0.1, -0.05) is 91.0 Å². The summed E-state index contributed by atoms with van der Waals surface area (Å²) in [6.07, 6.45) is 0. The van der Waals surface area contributed by atoms with E-state index in [-0.39, 0.29) is 0 Å². The molecule has 0 unspecified atom stereocenters. The first-order valence-corrected chi connectivity index (χ1v) is 14.2. The smallest absolute Gasteiger partial charge is 0.0782 e. The van der Waals surface area contributed by atoms with Crippen LogP contribution in [0.5, 0.6) is 0 Å². The first-order chi connectivity index (χ1) is 19.4. The molecule has 4 heterocycles. The molecule has 0 aliphatic rings. The number of benzene rings is 6. The summed E-state index contributed by atoms with van der Waals surface area (Å²) in [5, 5.41) is 10.4. The Bertz CT molecular complexity index is 2660. The number of aromatic nitrogens is 2. The topological polar surface area (TPSA) is 8.82 Å². The Morgan fingerprint density at radius 3 is 1.72 bits per heavy atom. The minimum absolute atomic E-state index is 1.23. The third-order valence-electron chi connectivity index (χ3n) is 8.64. The van der Waals surface area contributed by atoms with Crippen LogP contribution < -0.4 is 0 Å². The predicted octanol–water partition coefficient (Wildman–Crippen LogP) is 10.3. The average Bonchev–Trinajstić information content (AvgIpc) is 3.64. The highest BCUT2D eigenvalue weighted by molar-refractivity contribution is 7.26. The van der Waals surface area contributed by atoms with Gasteiger partial charge in [0.05, 0.1) is 33.1 Å². The van der Waals surface area contributed by atoms with E-state index in [1.807, 2.05) is 11.3 Å². The molecule has 6 aromatic carbocycles. The molecule has 0 atom stereocenters. The van der Waals surface area contributed by atoms with Gasteiger partial charge in [0.1, 0.15) is 0 Å². The zero-order valence-electron chi connectivity index (χ0n) is 20.8. The number of para-hydroxylation sites is 4. The van der Waals surface area contributed by atoms with Crippen molar-refractivity contribution in [1.29, 1.82) is 0 Å². The van der Waals surface area contributed by atoms with Crippen LogP contribution in [0.3, 0.4) is 0 Å². The molecule has 0 radical (unpaired) electrons. The molecule has 0 aliphatic carbocycles. The standard InChI is InChI=1S/C36H20N2S/c1-5-16-29-21(9-1)24-12-7-14-27-33-30(20-19-26-23-11-3-6-18-32(23)39-36(26)33)37-28-15-4-2-10-22(28)25-13-8-17-31(35(25)37)38(29)34(24)27/h1-20H. The number of nitrogens with zero attached hydrogens (tertiary/aromatic N) is 2. The Morgan fingerprint density at radius 1 is 0.359 bits per heavy atom. The van der Waals surface area contributed by atoms with Gasteiger partial charge < -0.3 is 8.80 Å². The fourth-order valence-corrected chi connectivity index (χ4v) is 8.39. The predicted molar refractivity (Wildman–Crippen MR) is 169 cm³/mol. The van der Waals surface area contributed by atoms with E-state index in [0.29, 0.717) is 0 Å². The van der Waals surface area contributed by atoms with Gasteiger partial charge >= 0.3 is 0 Å². The van der Waals surface area contributed by atoms with Crippen molar-refractivity contribution in [2.24, 2.45) is 0 Å². The third-order valence-corrected chi connectivity index (χ3v) is 9.85. The zero-order valence-corrected chi connectivity index (χ0v) is 21.7. The summed E-state index contributed by atoms with van der Waals surface area (Å²) in [5.41, 5.74) is 7.51. The van der Waals surface area contributed by atoms with E-state index in [2.05, 4.69) is 130 Å². The molecule has 0 aliphatic heterocycles. The monoisotopic (exact) mass is 512 g/mol.